The van der Waals surface area contributed by atoms with Crippen LogP contribution in [-0.4, -0.2) is 49.7 Å². The average Bonchev–Trinajstić information content (AvgIpc) is 3.41. The molecule has 1 amide bonds. The molecular weight excluding hydrogens is 376 g/mol. The third-order valence-electron chi connectivity index (χ3n) is 4.44. The van der Waals surface area contributed by atoms with Crippen LogP contribution in [0.15, 0.2) is 54.9 Å². The van der Waals surface area contributed by atoms with Gasteiger partial charge in [-0.25, -0.2) is 9.67 Å². The minimum atomic E-state index is -0.138. The monoisotopic (exact) mass is 394 g/mol. The first kappa shape index (κ1) is 18.1. The number of nitrogens with zero attached hydrogens (tertiary/aromatic N) is 6. The molecule has 28 heavy (non-hydrogen) atoms. The lowest BCUT2D eigenvalue weighted by atomic mass is 10.3. The molecule has 1 atom stereocenters. The van der Waals surface area contributed by atoms with Gasteiger partial charge in [-0.3, -0.25) is 4.79 Å². The summed E-state index contributed by atoms with van der Waals surface area (Å²) in [6.07, 6.45) is 1.50. The summed E-state index contributed by atoms with van der Waals surface area (Å²) in [5.74, 6) is 0.446. The van der Waals surface area contributed by atoms with Gasteiger partial charge in [-0.15, -0.1) is 16.4 Å². The molecule has 0 N–H and O–H groups in total. The molecule has 0 radical (unpaired) electrons. The Morgan fingerprint density at radius 3 is 2.89 bits per heavy atom. The summed E-state index contributed by atoms with van der Waals surface area (Å²) >= 11 is 1.60. The number of aromatic nitrogens is 5. The molecule has 2 aromatic carbocycles. The number of benzene rings is 2. The average molecular weight is 394 g/mol. The lowest BCUT2D eigenvalue weighted by molar-refractivity contribution is -0.134. The van der Waals surface area contributed by atoms with Gasteiger partial charge in [0.1, 0.15) is 17.1 Å². The number of para-hydroxylation sites is 1. The van der Waals surface area contributed by atoms with Crippen LogP contribution in [0.1, 0.15) is 18.0 Å². The van der Waals surface area contributed by atoms with Gasteiger partial charge in [-0.05, 0) is 41.6 Å². The van der Waals surface area contributed by atoms with Crippen molar-refractivity contribution in [3.8, 4) is 11.4 Å². The topological polar surface area (TPSA) is 86.0 Å². The molecule has 9 heteroatoms. The molecule has 0 aliphatic rings. The molecule has 0 bridgehead atoms. The molecule has 4 rings (SSSR count). The number of carbonyl (C=O) groups is 1. The molecule has 0 aliphatic carbocycles. The van der Waals surface area contributed by atoms with Gasteiger partial charge in [0, 0.05) is 13.1 Å². The number of amides is 1. The van der Waals surface area contributed by atoms with Crippen LogP contribution in [-0.2, 0) is 4.79 Å². The van der Waals surface area contributed by atoms with E-state index in [4.69, 9.17) is 4.74 Å². The summed E-state index contributed by atoms with van der Waals surface area (Å²) in [4.78, 5) is 18.9. The van der Waals surface area contributed by atoms with Crippen molar-refractivity contribution >= 4 is 27.5 Å². The number of ether oxygens (including phenoxy) is 1. The first-order chi connectivity index (χ1) is 13.6. The van der Waals surface area contributed by atoms with Crippen LogP contribution >= 0.6 is 11.3 Å². The number of thiazole rings is 1. The summed E-state index contributed by atoms with van der Waals surface area (Å²) in [5, 5.41) is 12.0. The Balaban J connectivity index is 1.41. The summed E-state index contributed by atoms with van der Waals surface area (Å²) < 4.78 is 8.32. The predicted octanol–water partition coefficient (Wildman–Crippen LogP) is 2.87. The van der Waals surface area contributed by atoms with E-state index >= 15 is 0 Å². The summed E-state index contributed by atoms with van der Waals surface area (Å²) in [6.45, 7) is 1.90. The molecule has 0 aliphatic heterocycles. The number of rotatable bonds is 6. The van der Waals surface area contributed by atoms with Crippen LogP contribution in [0.25, 0.3) is 15.9 Å². The minimum Gasteiger partial charge on any atom is -0.484 e. The van der Waals surface area contributed by atoms with Gasteiger partial charge < -0.3 is 9.64 Å². The number of fused-ring (bicyclic) bond motifs is 1. The molecule has 2 heterocycles. The number of hydrogen-bond acceptors (Lipinski definition) is 7. The second kappa shape index (κ2) is 7.73. The highest BCUT2D eigenvalue weighted by molar-refractivity contribution is 7.18. The van der Waals surface area contributed by atoms with E-state index < -0.39 is 0 Å². The van der Waals surface area contributed by atoms with Gasteiger partial charge in [-0.1, -0.05) is 18.2 Å². The third-order valence-corrected chi connectivity index (χ3v) is 5.64. The second-order valence-electron chi connectivity index (χ2n) is 6.24. The van der Waals surface area contributed by atoms with Crippen molar-refractivity contribution in [2.75, 3.05) is 13.7 Å². The number of hydrogen-bond donors (Lipinski definition) is 0. The van der Waals surface area contributed by atoms with E-state index in [1.54, 1.807) is 35.4 Å². The molecule has 0 saturated heterocycles. The summed E-state index contributed by atoms with van der Waals surface area (Å²) in [5.41, 5.74) is 1.71. The van der Waals surface area contributed by atoms with Gasteiger partial charge in [0.15, 0.2) is 6.61 Å². The van der Waals surface area contributed by atoms with E-state index in [0.717, 1.165) is 20.9 Å². The Morgan fingerprint density at radius 2 is 2.11 bits per heavy atom. The quantitative estimate of drug-likeness (QED) is 0.500. The summed E-state index contributed by atoms with van der Waals surface area (Å²) in [6, 6.07) is 15.1. The maximum Gasteiger partial charge on any atom is 0.260 e. The van der Waals surface area contributed by atoms with Crippen LogP contribution in [0.5, 0.6) is 5.75 Å². The fourth-order valence-corrected chi connectivity index (χ4v) is 3.76. The van der Waals surface area contributed by atoms with E-state index in [2.05, 4.69) is 20.5 Å². The normalized spacial score (nSPS) is 12.1. The van der Waals surface area contributed by atoms with E-state index in [1.165, 1.54) is 11.0 Å². The maximum atomic E-state index is 12.6. The van der Waals surface area contributed by atoms with Crippen LogP contribution < -0.4 is 4.74 Å². The first-order valence-corrected chi connectivity index (χ1v) is 9.51. The first-order valence-electron chi connectivity index (χ1n) is 8.69. The standard InChI is InChI=1S/C19H18N6O2S/c1-13(19-21-16-8-3-4-9-17(16)28-19)24(2)18(26)11-27-15-7-5-6-14(10-15)25-12-20-22-23-25/h3-10,12-13H,11H2,1-2H3. The SMILES string of the molecule is CC(c1nc2ccccc2s1)N(C)C(=O)COc1cccc(-n2cnnn2)c1. The Morgan fingerprint density at radius 1 is 1.25 bits per heavy atom. The van der Waals surface area contributed by atoms with Crippen LogP contribution in [0, 0.1) is 0 Å². The molecule has 142 valence electrons. The lowest BCUT2D eigenvalue weighted by Gasteiger charge is -2.23. The van der Waals surface area contributed by atoms with Gasteiger partial charge in [0.2, 0.25) is 0 Å². The van der Waals surface area contributed by atoms with Crippen LogP contribution in [0.2, 0.25) is 0 Å². The molecule has 8 nitrogen and oxygen atoms in total. The number of likely N-dealkylation sites (N-methyl/N-ethyl adjacent to an activating group) is 1. The van der Waals surface area contributed by atoms with Crippen molar-refractivity contribution < 1.29 is 9.53 Å². The van der Waals surface area contributed by atoms with Gasteiger partial charge in [0.05, 0.1) is 21.9 Å². The second-order valence-corrected chi connectivity index (χ2v) is 7.30. The molecule has 0 saturated carbocycles. The number of tetrazole rings is 1. The molecule has 0 spiro atoms. The van der Waals surface area contributed by atoms with Crippen molar-refractivity contribution in [1.29, 1.82) is 0 Å². The van der Waals surface area contributed by atoms with Crippen molar-refractivity contribution in [1.82, 2.24) is 30.1 Å². The summed E-state index contributed by atoms with van der Waals surface area (Å²) in [7, 11) is 1.76. The Kier molecular flexibility index (Phi) is 4.98. The van der Waals surface area contributed by atoms with E-state index in [-0.39, 0.29) is 18.6 Å². The highest BCUT2D eigenvalue weighted by Crippen LogP contribution is 2.28. The van der Waals surface area contributed by atoms with Crippen molar-refractivity contribution in [3.63, 3.8) is 0 Å². The lowest BCUT2D eigenvalue weighted by Crippen LogP contribution is -2.33. The van der Waals surface area contributed by atoms with E-state index in [1.807, 2.05) is 43.3 Å². The predicted molar refractivity (Wildman–Crippen MR) is 105 cm³/mol. The Bertz CT molecular complexity index is 1060. The fourth-order valence-electron chi connectivity index (χ4n) is 2.69. The van der Waals surface area contributed by atoms with Crippen LogP contribution in [0.3, 0.4) is 0 Å². The smallest absolute Gasteiger partial charge is 0.260 e. The third kappa shape index (κ3) is 3.70. The van der Waals surface area contributed by atoms with Crippen molar-refractivity contribution in [2.24, 2.45) is 0 Å². The van der Waals surface area contributed by atoms with E-state index in [9.17, 15) is 4.79 Å². The minimum absolute atomic E-state index is 0.0647. The van der Waals surface area contributed by atoms with E-state index in [0.29, 0.717) is 5.75 Å². The zero-order valence-electron chi connectivity index (χ0n) is 15.4. The van der Waals surface area contributed by atoms with Crippen molar-refractivity contribution in [3.05, 3.63) is 59.9 Å². The maximum absolute atomic E-state index is 12.6. The zero-order valence-corrected chi connectivity index (χ0v) is 16.2. The van der Waals surface area contributed by atoms with Gasteiger partial charge >= 0.3 is 0 Å². The largest absolute Gasteiger partial charge is 0.484 e. The molecule has 0 fully saturated rings. The van der Waals surface area contributed by atoms with Gasteiger partial charge in [0.25, 0.3) is 5.91 Å². The van der Waals surface area contributed by atoms with Crippen molar-refractivity contribution in [2.45, 2.75) is 13.0 Å². The Labute approximate surface area is 165 Å². The van der Waals surface area contributed by atoms with Crippen LogP contribution in [0.4, 0.5) is 0 Å². The zero-order chi connectivity index (χ0) is 19.5. The molecule has 2 aromatic heterocycles. The highest BCUT2D eigenvalue weighted by atomic mass is 32.1. The molecule has 1 unspecified atom stereocenters. The number of carbonyl (C=O) groups excluding carboxylic acids is 1. The van der Waals surface area contributed by atoms with Gasteiger partial charge in [-0.2, -0.15) is 0 Å². The molecule has 4 aromatic rings. The molecular formula is C19H18N6O2S. The highest BCUT2D eigenvalue weighted by Gasteiger charge is 2.21. The fraction of sp³-hybridized carbons (Fsp3) is 0.211. The Hall–Kier alpha value is -3.33.